The molecule has 1 aromatic carbocycles. The molecule has 0 radical (unpaired) electrons. The zero-order valence-electron chi connectivity index (χ0n) is 18.8. The predicted octanol–water partition coefficient (Wildman–Crippen LogP) is 3.69. The van der Waals surface area contributed by atoms with Crippen LogP contribution in [0.15, 0.2) is 23.2 Å². The molecule has 1 aliphatic heterocycles. The number of aliphatic imine (C=N–C) groups is 1. The summed E-state index contributed by atoms with van der Waals surface area (Å²) in [7, 11) is 1.67. The van der Waals surface area contributed by atoms with Gasteiger partial charge in [0, 0.05) is 58.2 Å². The van der Waals surface area contributed by atoms with Crippen LogP contribution in [0.3, 0.4) is 0 Å². The number of rotatable bonds is 14. The highest BCUT2D eigenvalue weighted by Gasteiger charge is 2.11. The number of fused-ring (bicyclic) bond motifs is 1. The summed E-state index contributed by atoms with van der Waals surface area (Å²) < 4.78 is 27.4. The summed E-state index contributed by atoms with van der Waals surface area (Å²) in [6.45, 7) is 8.31. The summed E-state index contributed by atoms with van der Waals surface area (Å²) >= 11 is 0. The van der Waals surface area contributed by atoms with E-state index in [0.29, 0.717) is 39.6 Å². The molecule has 9 heteroatoms. The van der Waals surface area contributed by atoms with Gasteiger partial charge in [0.25, 0.3) is 0 Å². The van der Waals surface area contributed by atoms with Crippen molar-refractivity contribution in [2.75, 3.05) is 71.8 Å². The second-order valence-corrected chi connectivity index (χ2v) is 6.86. The molecule has 0 amide bonds. The van der Waals surface area contributed by atoms with Gasteiger partial charge in [0.05, 0.1) is 26.4 Å². The molecule has 0 saturated heterocycles. The summed E-state index contributed by atoms with van der Waals surface area (Å²) in [5.74, 6) is 2.30. The lowest BCUT2D eigenvalue weighted by atomic mass is 10.2. The minimum absolute atomic E-state index is 0. The summed E-state index contributed by atoms with van der Waals surface area (Å²) in [5.41, 5.74) is 0.913. The standard InChI is InChI=1S/C22H37N3O5.HI/c1-3-27-12-5-4-10-23-22(24-11-6-13-28-17-16-26-2)25-19-8-9-20-21(18-19)30-15-7-14-29-20;/h8-9,18H,3-7,10-17H2,1-2H3,(H2,23,24,25);1H. The van der Waals surface area contributed by atoms with E-state index >= 15 is 0 Å². The maximum Gasteiger partial charge on any atom is 0.195 e. The van der Waals surface area contributed by atoms with Gasteiger partial charge in [0.1, 0.15) is 0 Å². The molecule has 0 aromatic heterocycles. The molecule has 0 aliphatic carbocycles. The van der Waals surface area contributed by atoms with Crippen molar-refractivity contribution in [3.8, 4) is 11.5 Å². The van der Waals surface area contributed by atoms with E-state index in [1.165, 1.54) is 0 Å². The van der Waals surface area contributed by atoms with Gasteiger partial charge in [-0.1, -0.05) is 0 Å². The van der Waals surface area contributed by atoms with Crippen LogP contribution in [-0.4, -0.2) is 72.4 Å². The first-order valence-electron chi connectivity index (χ1n) is 10.9. The number of hydrogen-bond donors (Lipinski definition) is 2. The van der Waals surface area contributed by atoms with E-state index in [1.807, 2.05) is 25.1 Å². The Morgan fingerprint density at radius 2 is 1.81 bits per heavy atom. The van der Waals surface area contributed by atoms with Crippen molar-refractivity contribution < 1.29 is 23.7 Å². The zero-order valence-corrected chi connectivity index (χ0v) is 21.2. The quantitative estimate of drug-likeness (QED) is 0.158. The number of guanidine groups is 1. The van der Waals surface area contributed by atoms with E-state index in [2.05, 4.69) is 15.6 Å². The molecule has 0 fully saturated rings. The van der Waals surface area contributed by atoms with Crippen molar-refractivity contribution in [2.24, 2.45) is 4.99 Å². The van der Waals surface area contributed by atoms with Crippen LogP contribution in [0.5, 0.6) is 11.5 Å². The van der Waals surface area contributed by atoms with Crippen molar-refractivity contribution in [2.45, 2.75) is 32.6 Å². The highest BCUT2D eigenvalue weighted by Crippen LogP contribution is 2.32. The van der Waals surface area contributed by atoms with E-state index in [-0.39, 0.29) is 24.0 Å². The predicted molar refractivity (Wildman–Crippen MR) is 134 cm³/mol. The second kappa shape index (κ2) is 18.3. The molecule has 31 heavy (non-hydrogen) atoms. The Morgan fingerprint density at radius 1 is 1.00 bits per heavy atom. The first-order chi connectivity index (χ1) is 14.8. The maximum absolute atomic E-state index is 5.79. The third-order valence-corrected chi connectivity index (χ3v) is 4.37. The number of nitrogens with zero attached hydrogens (tertiary/aromatic N) is 1. The van der Waals surface area contributed by atoms with Crippen LogP contribution in [0.1, 0.15) is 32.6 Å². The van der Waals surface area contributed by atoms with Gasteiger partial charge in [-0.2, -0.15) is 0 Å². The molecule has 178 valence electrons. The van der Waals surface area contributed by atoms with Crippen LogP contribution < -0.4 is 20.1 Å². The number of ether oxygens (including phenoxy) is 5. The van der Waals surface area contributed by atoms with E-state index in [0.717, 1.165) is 68.6 Å². The summed E-state index contributed by atoms with van der Waals surface area (Å²) in [5, 5.41) is 6.77. The fourth-order valence-corrected chi connectivity index (χ4v) is 2.80. The monoisotopic (exact) mass is 551 g/mol. The summed E-state index contributed by atoms with van der Waals surface area (Å²) in [6, 6.07) is 5.88. The first-order valence-corrected chi connectivity index (χ1v) is 10.9. The average Bonchev–Trinajstić information content (AvgIpc) is 3.00. The Bertz CT molecular complexity index is 619. The third kappa shape index (κ3) is 12.4. The SMILES string of the molecule is CCOCCCCNC(=NCCCOCCOC)Nc1ccc2c(c1)OCCCO2.I. The lowest BCUT2D eigenvalue weighted by Crippen LogP contribution is -2.32. The molecule has 1 aliphatic rings. The normalized spacial score (nSPS) is 13.3. The minimum Gasteiger partial charge on any atom is -0.490 e. The first kappa shape index (κ1) is 27.7. The van der Waals surface area contributed by atoms with Crippen LogP contribution in [0.2, 0.25) is 0 Å². The number of unbranched alkanes of at least 4 members (excludes halogenated alkanes) is 1. The molecular formula is C22H38IN3O5. The van der Waals surface area contributed by atoms with Gasteiger partial charge in [-0.05, 0) is 38.3 Å². The van der Waals surface area contributed by atoms with Gasteiger partial charge in [-0.15, -0.1) is 24.0 Å². The van der Waals surface area contributed by atoms with E-state index in [9.17, 15) is 0 Å². The van der Waals surface area contributed by atoms with E-state index in [1.54, 1.807) is 7.11 Å². The Kier molecular flexibility index (Phi) is 16.4. The van der Waals surface area contributed by atoms with Crippen LogP contribution >= 0.6 is 24.0 Å². The highest BCUT2D eigenvalue weighted by molar-refractivity contribution is 14.0. The van der Waals surface area contributed by atoms with Crippen molar-refractivity contribution in [1.29, 1.82) is 0 Å². The van der Waals surface area contributed by atoms with Gasteiger partial charge in [0.2, 0.25) is 0 Å². The smallest absolute Gasteiger partial charge is 0.195 e. The molecule has 0 bridgehead atoms. The molecule has 2 rings (SSSR count). The fraction of sp³-hybridized carbons (Fsp3) is 0.682. The number of benzene rings is 1. The Hall–Kier alpha value is -1.30. The lowest BCUT2D eigenvalue weighted by Gasteiger charge is -2.15. The van der Waals surface area contributed by atoms with Gasteiger partial charge < -0.3 is 34.3 Å². The minimum atomic E-state index is 0. The number of methoxy groups -OCH3 is 1. The van der Waals surface area contributed by atoms with Crippen molar-refractivity contribution >= 4 is 35.6 Å². The number of halogens is 1. The summed E-state index contributed by atoms with van der Waals surface area (Å²) in [6.07, 6.45) is 3.77. The molecule has 0 saturated carbocycles. The maximum atomic E-state index is 5.79. The zero-order chi connectivity index (χ0) is 21.3. The fourth-order valence-electron chi connectivity index (χ4n) is 2.80. The Morgan fingerprint density at radius 3 is 2.61 bits per heavy atom. The second-order valence-electron chi connectivity index (χ2n) is 6.86. The van der Waals surface area contributed by atoms with E-state index in [4.69, 9.17) is 23.7 Å². The highest BCUT2D eigenvalue weighted by atomic mass is 127. The van der Waals surface area contributed by atoms with Crippen molar-refractivity contribution in [1.82, 2.24) is 5.32 Å². The van der Waals surface area contributed by atoms with Crippen molar-refractivity contribution in [3.63, 3.8) is 0 Å². The molecule has 0 atom stereocenters. The van der Waals surface area contributed by atoms with E-state index < -0.39 is 0 Å². The molecule has 1 aromatic rings. The molecule has 1 heterocycles. The topological polar surface area (TPSA) is 82.6 Å². The molecule has 0 spiro atoms. The molecule has 0 unspecified atom stereocenters. The number of nitrogens with one attached hydrogen (secondary N) is 2. The van der Waals surface area contributed by atoms with Crippen LogP contribution in [0, 0.1) is 0 Å². The van der Waals surface area contributed by atoms with Gasteiger partial charge >= 0.3 is 0 Å². The Labute approximate surface area is 203 Å². The largest absolute Gasteiger partial charge is 0.490 e. The van der Waals surface area contributed by atoms with Crippen molar-refractivity contribution in [3.05, 3.63) is 18.2 Å². The van der Waals surface area contributed by atoms with Gasteiger partial charge in [-0.25, -0.2) is 0 Å². The van der Waals surface area contributed by atoms with Gasteiger partial charge in [0.15, 0.2) is 17.5 Å². The van der Waals surface area contributed by atoms with Crippen LogP contribution in [0.25, 0.3) is 0 Å². The average molecular weight is 551 g/mol. The van der Waals surface area contributed by atoms with Gasteiger partial charge in [-0.3, -0.25) is 4.99 Å². The molecule has 8 nitrogen and oxygen atoms in total. The number of anilines is 1. The third-order valence-electron chi connectivity index (χ3n) is 4.37. The Balaban J connectivity index is 0.00000480. The molecule has 2 N–H and O–H groups in total. The molecular weight excluding hydrogens is 513 g/mol. The van der Waals surface area contributed by atoms with Crippen LogP contribution in [-0.2, 0) is 14.2 Å². The number of hydrogen-bond acceptors (Lipinski definition) is 6. The van der Waals surface area contributed by atoms with Crippen LogP contribution in [0.4, 0.5) is 5.69 Å². The lowest BCUT2D eigenvalue weighted by molar-refractivity contribution is 0.0702. The summed E-state index contributed by atoms with van der Waals surface area (Å²) in [4.78, 5) is 4.68.